The summed E-state index contributed by atoms with van der Waals surface area (Å²) in [6, 6.07) is 9.10. The fraction of sp³-hybridized carbons (Fsp3) is 0.467. The van der Waals surface area contributed by atoms with E-state index in [0.29, 0.717) is 6.42 Å². The van der Waals surface area contributed by atoms with Crippen molar-refractivity contribution < 1.29 is 14.7 Å². The van der Waals surface area contributed by atoms with Crippen molar-refractivity contribution in [3.05, 3.63) is 35.9 Å². The van der Waals surface area contributed by atoms with Crippen molar-refractivity contribution in [1.29, 1.82) is 0 Å². The molecule has 0 spiro atoms. The molecule has 5 heteroatoms. The topological polar surface area (TPSA) is 83.6 Å². The first kappa shape index (κ1) is 16.2. The monoisotopic (exact) mass is 278 g/mol. The minimum absolute atomic E-state index is 0.128. The molecule has 0 saturated carbocycles. The van der Waals surface area contributed by atoms with Crippen LogP contribution in [0.15, 0.2) is 30.3 Å². The molecule has 5 nitrogen and oxygen atoms in total. The van der Waals surface area contributed by atoms with Gasteiger partial charge >= 0.3 is 5.97 Å². The zero-order chi connectivity index (χ0) is 15.1. The molecule has 0 aliphatic carbocycles. The molecule has 0 aliphatic heterocycles. The van der Waals surface area contributed by atoms with E-state index in [1.165, 1.54) is 4.90 Å². The number of benzene rings is 1. The molecule has 2 unspecified atom stereocenters. The van der Waals surface area contributed by atoms with Crippen LogP contribution in [0.2, 0.25) is 0 Å². The van der Waals surface area contributed by atoms with E-state index < -0.39 is 11.9 Å². The normalized spacial score (nSPS) is 13.6. The summed E-state index contributed by atoms with van der Waals surface area (Å²) < 4.78 is 0. The van der Waals surface area contributed by atoms with Gasteiger partial charge in [-0.25, -0.2) is 0 Å². The van der Waals surface area contributed by atoms with Crippen molar-refractivity contribution >= 4 is 11.9 Å². The van der Waals surface area contributed by atoms with Crippen LogP contribution in [-0.4, -0.2) is 41.0 Å². The smallest absolute Gasteiger partial charge is 0.323 e. The van der Waals surface area contributed by atoms with Gasteiger partial charge in [-0.05, 0) is 18.9 Å². The molecule has 0 aromatic heterocycles. The molecule has 0 aliphatic rings. The van der Waals surface area contributed by atoms with E-state index in [9.17, 15) is 9.59 Å². The van der Waals surface area contributed by atoms with Crippen molar-refractivity contribution in [2.45, 2.75) is 32.2 Å². The molecule has 2 atom stereocenters. The van der Waals surface area contributed by atoms with E-state index in [0.717, 1.165) is 5.56 Å². The van der Waals surface area contributed by atoms with Crippen LogP contribution in [0, 0.1) is 0 Å². The number of hydrogen-bond donors (Lipinski definition) is 2. The zero-order valence-corrected chi connectivity index (χ0v) is 12.0. The summed E-state index contributed by atoms with van der Waals surface area (Å²) in [4.78, 5) is 24.9. The Kier molecular flexibility index (Phi) is 6.18. The maximum absolute atomic E-state index is 12.6. The van der Waals surface area contributed by atoms with E-state index >= 15 is 0 Å². The highest BCUT2D eigenvalue weighted by Crippen LogP contribution is 2.19. The third kappa shape index (κ3) is 4.06. The highest BCUT2D eigenvalue weighted by molar-refractivity contribution is 5.87. The summed E-state index contributed by atoms with van der Waals surface area (Å²) in [5, 5.41) is 8.98. The number of hydrogen-bond acceptors (Lipinski definition) is 3. The molecule has 0 radical (unpaired) electrons. The van der Waals surface area contributed by atoms with Gasteiger partial charge in [0.05, 0.1) is 5.92 Å². The van der Waals surface area contributed by atoms with Gasteiger partial charge in [0.15, 0.2) is 0 Å². The molecule has 0 bridgehead atoms. The van der Waals surface area contributed by atoms with E-state index in [1.54, 1.807) is 0 Å². The average molecular weight is 278 g/mol. The van der Waals surface area contributed by atoms with Crippen LogP contribution in [0.5, 0.6) is 0 Å². The lowest BCUT2D eigenvalue weighted by molar-refractivity contribution is -0.146. The number of carbonyl (C=O) groups is 2. The minimum atomic E-state index is -1.01. The quantitative estimate of drug-likeness (QED) is 0.790. The Labute approximate surface area is 119 Å². The summed E-state index contributed by atoms with van der Waals surface area (Å²) in [6.45, 7) is 3.64. The molecule has 1 aromatic rings. The summed E-state index contributed by atoms with van der Waals surface area (Å²) in [6.07, 6.45) is 0.700. The largest absolute Gasteiger partial charge is 0.480 e. The second kappa shape index (κ2) is 7.65. The standard InChI is InChI=1S/C15H22N2O3/c1-3-11(2)17(10-14(18)19)15(20)13(9-16)12-7-5-4-6-8-12/h4-8,11,13H,3,9-10,16H2,1-2H3,(H,18,19). The van der Waals surface area contributed by atoms with E-state index in [4.69, 9.17) is 10.8 Å². The Balaban J connectivity index is 2.99. The predicted octanol–water partition coefficient (Wildman–Crippen LogP) is 1.44. The van der Waals surface area contributed by atoms with Gasteiger partial charge in [-0.15, -0.1) is 0 Å². The van der Waals surface area contributed by atoms with Crippen LogP contribution in [0.1, 0.15) is 31.7 Å². The Morgan fingerprint density at radius 2 is 1.90 bits per heavy atom. The lowest BCUT2D eigenvalue weighted by Gasteiger charge is -2.30. The molecule has 110 valence electrons. The highest BCUT2D eigenvalue weighted by atomic mass is 16.4. The van der Waals surface area contributed by atoms with E-state index in [-0.39, 0.29) is 25.0 Å². The molecule has 1 rings (SSSR count). The minimum Gasteiger partial charge on any atom is -0.480 e. The number of rotatable bonds is 7. The first-order valence-electron chi connectivity index (χ1n) is 6.78. The van der Waals surface area contributed by atoms with Gasteiger partial charge in [-0.2, -0.15) is 0 Å². The lowest BCUT2D eigenvalue weighted by atomic mass is 9.97. The number of carboxylic acids is 1. The molecule has 0 fully saturated rings. The number of aliphatic carboxylic acids is 1. The van der Waals surface area contributed by atoms with Crippen LogP contribution < -0.4 is 5.73 Å². The van der Waals surface area contributed by atoms with Gasteiger partial charge in [-0.1, -0.05) is 37.3 Å². The van der Waals surface area contributed by atoms with Crippen molar-refractivity contribution in [3.8, 4) is 0 Å². The Morgan fingerprint density at radius 3 is 2.35 bits per heavy atom. The molecule has 0 heterocycles. The van der Waals surface area contributed by atoms with Crippen LogP contribution in [0.25, 0.3) is 0 Å². The number of nitrogens with zero attached hydrogens (tertiary/aromatic N) is 1. The van der Waals surface area contributed by atoms with Gasteiger partial charge in [0.2, 0.25) is 5.91 Å². The maximum Gasteiger partial charge on any atom is 0.323 e. The first-order valence-corrected chi connectivity index (χ1v) is 6.78. The second-order valence-electron chi connectivity index (χ2n) is 4.82. The third-order valence-corrected chi connectivity index (χ3v) is 3.45. The zero-order valence-electron chi connectivity index (χ0n) is 12.0. The molecule has 0 saturated heterocycles. The van der Waals surface area contributed by atoms with Crippen molar-refractivity contribution in [1.82, 2.24) is 4.90 Å². The maximum atomic E-state index is 12.6. The highest BCUT2D eigenvalue weighted by Gasteiger charge is 2.28. The Morgan fingerprint density at radius 1 is 1.30 bits per heavy atom. The molecule has 1 aromatic carbocycles. The first-order chi connectivity index (χ1) is 9.51. The van der Waals surface area contributed by atoms with Gasteiger partial charge in [0.1, 0.15) is 6.54 Å². The fourth-order valence-electron chi connectivity index (χ4n) is 2.08. The summed E-state index contributed by atoms with van der Waals surface area (Å²) in [5.41, 5.74) is 6.54. The fourth-order valence-corrected chi connectivity index (χ4v) is 2.08. The molecular weight excluding hydrogens is 256 g/mol. The summed E-state index contributed by atoms with van der Waals surface area (Å²) in [5.74, 6) is -1.73. The van der Waals surface area contributed by atoms with Crippen molar-refractivity contribution in [2.75, 3.05) is 13.1 Å². The number of carbonyl (C=O) groups excluding carboxylic acids is 1. The summed E-state index contributed by atoms with van der Waals surface area (Å²) >= 11 is 0. The molecule has 3 N–H and O–H groups in total. The Hall–Kier alpha value is -1.88. The Bertz CT molecular complexity index is 448. The summed E-state index contributed by atoms with van der Waals surface area (Å²) in [7, 11) is 0. The number of amides is 1. The van der Waals surface area contributed by atoms with Crippen molar-refractivity contribution in [3.63, 3.8) is 0 Å². The van der Waals surface area contributed by atoms with Crippen LogP contribution >= 0.6 is 0 Å². The SMILES string of the molecule is CCC(C)N(CC(=O)O)C(=O)C(CN)c1ccccc1. The number of nitrogens with two attached hydrogens (primary N) is 1. The van der Waals surface area contributed by atoms with Crippen molar-refractivity contribution in [2.24, 2.45) is 5.73 Å². The number of carboxylic acid groups (broad SMARTS) is 1. The molecule has 20 heavy (non-hydrogen) atoms. The van der Waals surface area contributed by atoms with E-state index in [2.05, 4.69) is 0 Å². The van der Waals surface area contributed by atoms with Crippen LogP contribution in [0.4, 0.5) is 0 Å². The molecule has 1 amide bonds. The van der Waals surface area contributed by atoms with Gasteiger partial charge in [-0.3, -0.25) is 9.59 Å². The second-order valence-corrected chi connectivity index (χ2v) is 4.82. The van der Waals surface area contributed by atoms with Crippen LogP contribution in [0.3, 0.4) is 0 Å². The third-order valence-electron chi connectivity index (χ3n) is 3.45. The average Bonchev–Trinajstić information content (AvgIpc) is 2.45. The predicted molar refractivity (Wildman–Crippen MR) is 77.3 cm³/mol. The lowest BCUT2D eigenvalue weighted by Crippen LogP contribution is -2.45. The molecular formula is C15H22N2O3. The van der Waals surface area contributed by atoms with Gasteiger partial charge < -0.3 is 15.7 Å². The van der Waals surface area contributed by atoms with E-state index in [1.807, 2.05) is 44.2 Å². The van der Waals surface area contributed by atoms with Gasteiger partial charge in [0, 0.05) is 12.6 Å². The van der Waals surface area contributed by atoms with Crippen LogP contribution in [-0.2, 0) is 9.59 Å². The van der Waals surface area contributed by atoms with Gasteiger partial charge in [0.25, 0.3) is 0 Å².